The lowest BCUT2D eigenvalue weighted by Crippen LogP contribution is -2.30. The molecule has 2 rings (SSSR count). The van der Waals surface area contributed by atoms with Gasteiger partial charge in [-0.3, -0.25) is 0 Å². The van der Waals surface area contributed by atoms with Crippen molar-refractivity contribution in [3.8, 4) is 23.0 Å². The molecule has 0 saturated heterocycles. The predicted molar refractivity (Wildman–Crippen MR) is 86.7 cm³/mol. The zero-order chi connectivity index (χ0) is 16.8. The van der Waals surface area contributed by atoms with Gasteiger partial charge in [0.25, 0.3) is 0 Å². The van der Waals surface area contributed by atoms with Crippen LogP contribution >= 0.6 is 0 Å². The lowest BCUT2D eigenvalue weighted by atomic mass is 9.80. The molecule has 0 bridgehead atoms. The Labute approximate surface area is 135 Å². The maximum absolute atomic E-state index is 9.30. The van der Waals surface area contributed by atoms with E-state index in [2.05, 4.69) is 0 Å². The molecule has 0 aliphatic rings. The third kappa shape index (κ3) is 4.09. The molecule has 2 aromatic carbocycles. The summed E-state index contributed by atoms with van der Waals surface area (Å²) in [5.41, 5.74) is 1.21. The summed E-state index contributed by atoms with van der Waals surface area (Å²) in [6.45, 7) is 0.303. The Balaban J connectivity index is 2.23. The van der Waals surface area contributed by atoms with Gasteiger partial charge in [0.1, 0.15) is 12.4 Å². The van der Waals surface area contributed by atoms with E-state index in [0.717, 1.165) is 11.3 Å². The third-order valence-electron chi connectivity index (χ3n) is 3.32. The molecule has 0 heterocycles. The van der Waals surface area contributed by atoms with Crippen molar-refractivity contribution in [3.63, 3.8) is 0 Å². The summed E-state index contributed by atoms with van der Waals surface area (Å²) in [7, 11) is 2.94. The Morgan fingerprint density at radius 1 is 0.870 bits per heavy atom. The molecule has 0 fully saturated rings. The van der Waals surface area contributed by atoms with Crippen LogP contribution in [0.1, 0.15) is 5.56 Å². The standard InChI is InChI=1S/C16H19BO6/c1-20-13-6-4-11(5-7-13)10-23-16-14(21-2)8-12(17(18)19)9-15(16)22-3/h4-9,18-19H,10H2,1-3H3. The van der Waals surface area contributed by atoms with Crippen molar-refractivity contribution in [1.82, 2.24) is 0 Å². The third-order valence-corrected chi connectivity index (χ3v) is 3.32. The van der Waals surface area contributed by atoms with Crippen LogP contribution in [0.3, 0.4) is 0 Å². The van der Waals surface area contributed by atoms with Gasteiger partial charge in [-0.2, -0.15) is 0 Å². The van der Waals surface area contributed by atoms with Crippen LogP contribution in [0.15, 0.2) is 36.4 Å². The Hall–Kier alpha value is -2.38. The van der Waals surface area contributed by atoms with Crippen molar-refractivity contribution in [2.75, 3.05) is 21.3 Å². The van der Waals surface area contributed by atoms with Gasteiger partial charge in [0.2, 0.25) is 5.75 Å². The topological polar surface area (TPSA) is 77.4 Å². The van der Waals surface area contributed by atoms with E-state index in [1.165, 1.54) is 26.4 Å². The van der Waals surface area contributed by atoms with Crippen molar-refractivity contribution in [2.24, 2.45) is 0 Å². The van der Waals surface area contributed by atoms with Gasteiger partial charge in [-0.15, -0.1) is 0 Å². The van der Waals surface area contributed by atoms with Gasteiger partial charge >= 0.3 is 7.12 Å². The molecule has 7 heteroatoms. The highest BCUT2D eigenvalue weighted by atomic mass is 16.5. The second-order valence-corrected chi connectivity index (χ2v) is 4.76. The molecule has 0 spiro atoms. The molecule has 0 aliphatic heterocycles. The summed E-state index contributed by atoms with van der Waals surface area (Å²) in [5, 5.41) is 18.6. The van der Waals surface area contributed by atoms with Crippen molar-refractivity contribution < 1.29 is 29.0 Å². The van der Waals surface area contributed by atoms with Crippen molar-refractivity contribution in [2.45, 2.75) is 6.61 Å². The van der Waals surface area contributed by atoms with Crippen LogP contribution in [-0.2, 0) is 6.61 Å². The van der Waals surface area contributed by atoms with Crippen LogP contribution in [0.4, 0.5) is 0 Å². The minimum Gasteiger partial charge on any atom is -0.497 e. The fourth-order valence-electron chi connectivity index (χ4n) is 2.07. The summed E-state index contributed by atoms with van der Waals surface area (Å²) in [6, 6.07) is 10.5. The Morgan fingerprint density at radius 3 is 1.87 bits per heavy atom. The molecular weight excluding hydrogens is 299 g/mol. The second-order valence-electron chi connectivity index (χ2n) is 4.76. The summed E-state index contributed by atoms with van der Waals surface area (Å²) in [6.07, 6.45) is 0. The first-order valence-corrected chi connectivity index (χ1v) is 6.96. The number of benzene rings is 2. The largest absolute Gasteiger partial charge is 0.497 e. The molecule has 2 N–H and O–H groups in total. The van der Waals surface area contributed by atoms with E-state index in [4.69, 9.17) is 18.9 Å². The van der Waals surface area contributed by atoms with Gasteiger partial charge in [0.15, 0.2) is 11.5 Å². The first-order valence-electron chi connectivity index (χ1n) is 6.96. The van der Waals surface area contributed by atoms with Crippen LogP contribution in [0.5, 0.6) is 23.0 Å². The van der Waals surface area contributed by atoms with E-state index >= 15 is 0 Å². The maximum atomic E-state index is 9.30. The van der Waals surface area contributed by atoms with Gasteiger partial charge in [-0.05, 0) is 35.3 Å². The van der Waals surface area contributed by atoms with Crippen LogP contribution in [0.25, 0.3) is 0 Å². The van der Waals surface area contributed by atoms with Gasteiger partial charge in [-0.25, -0.2) is 0 Å². The van der Waals surface area contributed by atoms with E-state index in [0.29, 0.717) is 23.9 Å². The fourth-order valence-corrected chi connectivity index (χ4v) is 2.07. The Morgan fingerprint density at radius 2 is 1.43 bits per heavy atom. The summed E-state index contributed by atoms with van der Waals surface area (Å²) < 4.78 is 21.4. The van der Waals surface area contributed by atoms with Crippen LogP contribution in [-0.4, -0.2) is 38.5 Å². The van der Waals surface area contributed by atoms with Gasteiger partial charge in [0, 0.05) is 0 Å². The Bertz CT molecular complexity index is 617. The zero-order valence-electron chi connectivity index (χ0n) is 13.3. The molecular formula is C16H19BO6. The average Bonchev–Trinajstić information content (AvgIpc) is 2.59. The summed E-state index contributed by atoms with van der Waals surface area (Å²) in [4.78, 5) is 0. The normalized spacial score (nSPS) is 10.1. The molecule has 0 radical (unpaired) electrons. The first kappa shape index (κ1) is 17.0. The molecule has 6 nitrogen and oxygen atoms in total. The molecule has 0 unspecified atom stereocenters. The molecule has 0 aliphatic carbocycles. The fraction of sp³-hybridized carbons (Fsp3) is 0.250. The second kappa shape index (κ2) is 7.76. The average molecular weight is 318 g/mol. The molecule has 23 heavy (non-hydrogen) atoms. The predicted octanol–water partition coefficient (Wildman–Crippen LogP) is 0.971. The SMILES string of the molecule is COc1ccc(COc2c(OC)cc(B(O)O)cc2OC)cc1. The highest BCUT2D eigenvalue weighted by molar-refractivity contribution is 6.58. The Kier molecular flexibility index (Phi) is 5.73. The smallest absolute Gasteiger partial charge is 0.488 e. The van der Waals surface area contributed by atoms with E-state index in [-0.39, 0.29) is 5.46 Å². The highest BCUT2D eigenvalue weighted by Crippen LogP contribution is 2.36. The van der Waals surface area contributed by atoms with Crippen LogP contribution in [0, 0.1) is 0 Å². The number of rotatable bonds is 7. The maximum Gasteiger partial charge on any atom is 0.488 e. The van der Waals surface area contributed by atoms with Crippen LogP contribution < -0.4 is 24.4 Å². The summed E-state index contributed by atoms with van der Waals surface area (Å²) in [5.74, 6) is 1.89. The molecule has 0 amide bonds. The van der Waals surface area contributed by atoms with Crippen molar-refractivity contribution in [3.05, 3.63) is 42.0 Å². The number of ether oxygens (including phenoxy) is 4. The van der Waals surface area contributed by atoms with Crippen molar-refractivity contribution in [1.29, 1.82) is 0 Å². The lowest BCUT2D eigenvalue weighted by Gasteiger charge is -2.16. The number of hydrogen-bond donors (Lipinski definition) is 2. The molecule has 0 aromatic heterocycles. The minimum atomic E-state index is -1.62. The highest BCUT2D eigenvalue weighted by Gasteiger charge is 2.20. The van der Waals surface area contributed by atoms with Gasteiger partial charge < -0.3 is 29.0 Å². The minimum absolute atomic E-state index is 0.260. The van der Waals surface area contributed by atoms with Crippen LogP contribution in [0.2, 0.25) is 0 Å². The molecule has 0 atom stereocenters. The van der Waals surface area contributed by atoms with E-state index in [1.54, 1.807) is 7.11 Å². The zero-order valence-corrected chi connectivity index (χ0v) is 13.3. The van der Waals surface area contributed by atoms with Gasteiger partial charge in [-0.1, -0.05) is 12.1 Å². The quantitative estimate of drug-likeness (QED) is 0.741. The first-order chi connectivity index (χ1) is 11.1. The molecule has 2 aromatic rings. The van der Waals surface area contributed by atoms with Gasteiger partial charge in [0.05, 0.1) is 21.3 Å². The van der Waals surface area contributed by atoms with E-state index in [1.807, 2.05) is 24.3 Å². The monoisotopic (exact) mass is 318 g/mol. The lowest BCUT2D eigenvalue weighted by molar-refractivity contribution is 0.266. The van der Waals surface area contributed by atoms with Crippen molar-refractivity contribution >= 4 is 12.6 Å². The summed E-state index contributed by atoms with van der Waals surface area (Å²) >= 11 is 0. The number of methoxy groups -OCH3 is 3. The molecule has 0 saturated carbocycles. The van der Waals surface area contributed by atoms with E-state index < -0.39 is 7.12 Å². The van der Waals surface area contributed by atoms with E-state index in [9.17, 15) is 10.0 Å². The molecule has 122 valence electrons. The number of hydrogen-bond acceptors (Lipinski definition) is 6.